The number of tetrazole rings is 1. The predicted molar refractivity (Wildman–Crippen MR) is 514 cm³/mol. The third kappa shape index (κ3) is 6.81. The van der Waals surface area contributed by atoms with Crippen molar-refractivity contribution in [1.82, 2.24) is 30.2 Å². The number of ether oxygens (including phenoxy) is 2. The molecule has 12 nitrogen and oxygen atoms in total. The highest BCUT2D eigenvalue weighted by atomic mass is 16.6. The van der Waals surface area contributed by atoms with E-state index in [1.807, 2.05) is 50.5 Å². The van der Waals surface area contributed by atoms with Gasteiger partial charge in [-0.1, -0.05) is 65.0 Å². The van der Waals surface area contributed by atoms with Crippen LogP contribution in [0.2, 0.25) is 1.41 Å². The summed E-state index contributed by atoms with van der Waals surface area (Å²) >= 11 is 0. The Morgan fingerprint density at radius 1 is 1.06 bits per heavy atom. The molecule has 0 bridgehead atoms. The average Bonchev–Trinajstić information content (AvgIpc) is 3.80. The van der Waals surface area contributed by atoms with E-state index in [4.69, 9.17) is 24.7 Å². The smallest absolute Gasteiger partial charge is 0.453 e. The van der Waals surface area contributed by atoms with Gasteiger partial charge in [-0.25, -0.2) is 19.7 Å². The van der Waals surface area contributed by atoms with Crippen LogP contribution in [0.3, 0.4) is 0 Å². The molecular formula is C38H356N6O6. The molecule has 1 atom stereocenters. The summed E-state index contributed by atoms with van der Waals surface area (Å²) in [6.07, 6.45) is 2.18. The molecule has 0 aliphatic carbocycles. The van der Waals surface area contributed by atoms with Gasteiger partial charge in [-0.15, -0.1) is 5.10 Å². The summed E-state index contributed by atoms with van der Waals surface area (Å²) in [7, 11) is 1.65. The Balaban J connectivity index is -0.00000000133. The summed E-state index contributed by atoms with van der Waals surface area (Å²) in [6.45, 7) is 18.1. The lowest BCUT2D eigenvalue weighted by atomic mass is 9.88. The molecule has 5 aromatic rings. The average molecular weight is 996 g/mol. The number of benzene rings is 2. The monoisotopic (exact) mass is 996 g/mol. The first-order chi connectivity index (χ1) is 24.3. The quantitative estimate of drug-likeness (QED) is 0.106. The van der Waals surface area contributed by atoms with Crippen molar-refractivity contribution in [3.63, 3.8) is 0 Å². The van der Waals surface area contributed by atoms with Gasteiger partial charge in [-0.05, 0) is 90.3 Å². The van der Waals surface area contributed by atoms with Crippen LogP contribution in [0, 0.1) is 26.7 Å². The third-order valence-electron chi connectivity index (χ3n) is 9.63. The first-order valence-corrected chi connectivity index (χ1v) is 17.2. The molecule has 0 amide bonds. The van der Waals surface area contributed by atoms with Gasteiger partial charge in [0.2, 0.25) is 0 Å². The highest BCUT2D eigenvalue weighted by Gasteiger charge is 2.40. The van der Waals surface area contributed by atoms with Crippen molar-refractivity contribution < 1.29 is 244 Å². The molecule has 2 aromatic carbocycles. The number of esters is 1. The molecule has 0 saturated heterocycles. The minimum Gasteiger partial charge on any atom is -0.453 e. The zero-order valence-electron chi connectivity index (χ0n) is 31.7. The van der Waals surface area contributed by atoms with Crippen LogP contribution in [0.15, 0.2) is 44.0 Å². The summed E-state index contributed by atoms with van der Waals surface area (Å²) in [6, 6.07) is 9.81. The fourth-order valence-corrected chi connectivity index (χ4v) is 7.20. The van der Waals surface area contributed by atoms with Gasteiger partial charge in [0.05, 0.1) is 6.04 Å². The largest absolute Gasteiger partial charge is 0.519 e. The van der Waals surface area contributed by atoms with E-state index in [9.17, 15) is 9.59 Å². The number of aromatic amines is 1. The lowest BCUT2D eigenvalue weighted by Gasteiger charge is -2.30. The number of carbonyl (C=O) groups is 1. The molecule has 1 N–H and O–H groups in total. The van der Waals surface area contributed by atoms with Gasteiger partial charge in [-0.2, -0.15) is 0 Å². The van der Waals surface area contributed by atoms with E-state index < -0.39 is 17.4 Å². The second-order valence-electron chi connectivity index (χ2n) is 13.2. The van der Waals surface area contributed by atoms with E-state index in [1.54, 1.807) is 7.11 Å². The normalized spacial score (nSPS) is 12.8. The van der Waals surface area contributed by atoms with Crippen molar-refractivity contribution in [2.75, 3.05) is 7.11 Å². The summed E-state index contributed by atoms with van der Waals surface area (Å²) in [4.78, 5) is 31.4. The highest BCUT2D eigenvalue weighted by Crippen LogP contribution is 2.40. The number of H-pyrrole nitrogens is 1. The van der Waals surface area contributed by atoms with Gasteiger partial charge in [0.25, 0.3) is 0 Å². The van der Waals surface area contributed by atoms with Crippen LogP contribution >= 0.6 is 0 Å². The third-order valence-corrected chi connectivity index (χ3v) is 9.63. The van der Waals surface area contributed by atoms with E-state index in [2.05, 4.69) is 62.3 Å². The molecule has 0 spiro atoms. The number of aryl methyl sites for hydroxylation is 4. The van der Waals surface area contributed by atoms with Gasteiger partial charge >= 0.3 is 11.8 Å². The number of aromatic nitrogens is 6. The maximum atomic E-state index is 14.4. The highest BCUT2D eigenvalue weighted by molar-refractivity contribution is 5.90. The lowest BCUT2D eigenvalue weighted by molar-refractivity contribution is -0.0265. The van der Waals surface area contributed by atoms with Crippen molar-refractivity contribution in [3.05, 3.63) is 91.9 Å². The van der Waals surface area contributed by atoms with Crippen molar-refractivity contribution >= 4 is 5.97 Å². The molecule has 0 aliphatic rings. The van der Waals surface area contributed by atoms with Crippen LogP contribution in [-0.2, 0) is 34.5 Å². The van der Waals surface area contributed by atoms with E-state index in [1.165, 1.54) is 0 Å². The molecule has 3 aromatic heterocycles. The molecule has 12 heteroatoms. The van der Waals surface area contributed by atoms with E-state index in [-0.39, 0.29) is 244 Å². The molecule has 574 valence electrons. The molecule has 5 rings (SSSR count). The van der Waals surface area contributed by atoms with Gasteiger partial charge in [0, 0.05) is 245 Å². The minimum atomic E-state index is -0.843. The zero-order valence-corrected chi connectivity index (χ0v) is 30.7. The Bertz CT molecular complexity index is 2210. The first kappa shape index (κ1) is 35.0. The number of nitrogens with zero attached hydrogens (tertiary/aromatic N) is 5. The van der Waals surface area contributed by atoms with Gasteiger partial charge in [0.15, 0.2) is 31.1 Å². The van der Waals surface area contributed by atoms with Crippen molar-refractivity contribution in [2.24, 2.45) is 5.92 Å². The Labute approximate surface area is 522 Å². The summed E-state index contributed by atoms with van der Waals surface area (Å²) in [5.41, 5.74) is 6.73. The molecule has 1 unspecified atom stereocenters. The van der Waals surface area contributed by atoms with Gasteiger partial charge in [0.1, 0.15) is 17.1 Å². The second kappa shape index (κ2) is 15.0. The number of hydrogen-bond donors (Lipinski definition) is 1. The molecule has 3 heterocycles. The van der Waals surface area contributed by atoms with Crippen molar-refractivity contribution in [3.8, 4) is 22.5 Å². The lowest BCUT2D eigenvalue weighted by Crippen LogP contribution is -2.31. The SMILES string of the molecule is [2H]n1nnnc1-c1cccc(C)c1-c1cc(C)c(C(C)n2c(CC(C)C)nc(C(CC)(CC)OC)c2C(=O)OCc2oc(=O)oc2CC)c(C)c1.[HH].[HH].[HH].[HH].[HH].[HH].[HH].[HH].[HH].[HH].[HH].[HH].[HH].[HH].[HH].[HH].[HH].[HH].[HH].[HH].[HH].[HH].[HH].[HH].[HH].[HH].[HH].[HH].[HH].[HH].[HH].[HH].[HH].[HH].[HH].[HH].[HH].[HH].[HH].[HH].[HH].[HH].[HH].[HH].[HH].[HH].[HH].[HH].[HH].[HH].[HH].[HH].[HH].[HH].[HH].[HH].[HH].[HH].[HH].[HH].[HH].[HH].[HH].[HH].[HH].[HH].[HH].[HH].[HH].[HH].[HH].[HH].[HH].[HH].[HH].[HH].[HH].[HH].[HH].[HH].[HH].[HH].[HH].[HH].[HH].[HH].[HH].[HH].[HH].[HH].[HH].[HH].[HH].[HH].[HH].[HH].[HH].[HH].[HH].[HH].[HH].[HH].[HH].[HH].[HH].[HH].[HH].[HH].[HH].[HH].[HH].[HH].[HH].[HH].[HH].[HH].[HH].[HH].[HH].[HH].[HH].[HH].[HH].[HH].[HH].[HH].[HH].[HH].[HH].[HH].[HH].[HH].[HH].[HH].[HH].[HH].[HH].[HH].[HH].[HH].[HH].[HH].[HH].[HH].[HH].[HH].[HH].[HH].[HH].[HH].[HH].[HH].[HH].[HH]. The van der Waals surface area contributed by atoms with Crippen LogP contribution < -0.4 is 5.82 Å². The topological polar surface area (TPSA) is 151 Å². The summed E-state index contributed by atoms with van der Waals surface area (Å²) < 4.78 is 32.6. The predicted octanol–water partition coefficient (Wildman–Crippen LogP) is 45.5. The molecule has 50 heavy (non-hydrogen) atoms. The Morgan fingerprint density at radius 2 is 1.74 bits per heavy atom. The fraction of sp³-hybridized carbons (Fsp3) is 0.474. The Morgan fingerprint density at radius 3 is 2.32 bits per heavy atom. The molecule has 0 fully saturated rings. The van der Waals surface area contributed by atoms with E-state index >= 15 is 0 Å². The Kier molecular flexibility index (Phi) is 10.5. The number of rotatable bonds is 14. The van der Waals surface area contributed by atoms with Gasteiger partial charge < -0.3 is 22.9 Å². The first-order valence-electron chi connectivity index (χ1n) is 17.7. The van der Waals surface area contributed by atoms with Crippen LogP contribution in [0.1, 0.15) is 336 Å². The Hall–Kier alpha value is -4.84. The summed E-state index contributed by atoms with van der Waals surface area (Å²) in [5, 5.41) is 12.5. The molecule has 0 aliphatic heterocycles. The van der Waals surface area contributed by atoms with E-state index in [0.717, 1.165) is 49.9 Å². The van der Waals surface area contributed by atoms with E-state index in [0.29, 0.717) is 48.7 Å². The number of carbonyl (C=O) groups excluding carboxylic acids is 1. The van der Waals surface area contributed by atoms with Crippen LogP contribution in [0.4, 0.5) is 0 Å². The number of methoxy groups -OCH3 is 1. The minimum absolute atomic E-state index is 0. The molecule has 0 saturated carbocycles. The molecular weight excluding hydrogens is 636 g/mol. The summed E-state index contributed by atoms with van der Waals surface area (Å²) in [5.74, 6) is 0.420. The van der Waals surface area contributed by atoms with Gasteiger partial charge in [-0.3, -0.25) is 0 Å². The standard InChI is InChI=1S/C38H48N6O6.154H2/c1-11-28-29(50-37(46)49-28)20-48-36(45)33-34(38(12-2,13-3)47-10)39-30(17-21(4)5)44(33)25(9)31-23(7)18-26(19-24(31)8)32-22(6)15-14-16-27(32)35-40-42-43-41-35;;;;;;;;;;;;;;;;;;;;;;;;;;;;;;;;;;;;;;;;;;;;;;;;;;;;;;;;;;;;;;;;;;;;;;;;;;;;;;;;;;;;;;;;;;;;;;;;;;;;;;;;;;;;;;;;;;;;;;;;;;;;;;;;;;;;;;;;;;;;;;;;;;;;;;;;;;/h14-16,18-19,21,25H,11-13,17,20H2,1-10H3,(H,40,41,42,43);154*1H/i/hD. The second-order valence-corrected chi connectivity index (χ2v) is 13.2. The van der Waals surface area contributed by atoms with Crippen LogP contribution in [0.25, 0.3) is 22.5 Å². The van der Waals surface area contributed by atoms with Crippen LogP contribution in [0.5, 0.6) is 0 Å². The van der Waals surface area contributed by atoms with Crippen molar-refractivity contribution in [1.29, 1.82) is 0 Å². The maximum Gasteiger partial charge on any atom is 0.519 e. The van der Waals surface area contributed by atoms with Crippen LogP contribution in [-0.4, -0.2) is 43.2 Å². The maximum absolute atomic E-state index is 14.4. The zero-order chi connectivity index (χ0) is 37.2. The fourth-order valence-electron chi connectivity index (χ4n) is 7.20. The number of imidazole rings is 1. The number of nitrogens with one attached hydrogen (secondary N) is 1. The van der Waals surface area contributed by atoms with Crippen molar-refractivity contribution in [2.45, 2.75) is 106 Å². The number of hydrogen-bond acceptors (Lipinski definition) is 10. The molecule has 0 radical (unpaired) electrons.